The summed E-state index contributed by atoms with van der Waals surface area (Å²) in [6.07, 6.45) is 4.69. The van der Waals surface area contributed by atoms with Crippen LogP contribution in [0.3, 0.4) is 0 Å². The predicted octanol–water partition coefficient (Wildman–Crippen LogP) is 1.82. The monoisotopic (exact) mass is 238 g/mol. The summed E-state index contributed by atoms with van der Waals surface area (Å²) in [6, 6.07) is 1.31. The Labute approximate surface area is 101 Å². The zero-order chi connectivity index (χ0) is 12.5. The lowest BCUT2D eigenvalue weighted by atomic mass is 9.81. The Balaban J connectivity index is 2.22. The maximum absolute atomic E-state index is 13.1. The third-order valence-corrected chi connectivity index (χ3v) is 3.63. The molecule has 3 atom stereocenters. The van der Waals surface area contributed by atoms with Crippen LogP contribution in [0.15, 0.2) is 18.5 Å². The minimum Gasteiger partial charge on any atom is -0.384 e. The molecule has 2 N–H and O–H groups in total. The van der Waals surface area contributed by atoms with Crippen LogP contribution in [0, 0.1) is 11.7 Å². The highest BCUT2D eigenvalue weighted by Gasteiger charge is 2.36. The summed E-state index contributed by atoms with van der Waals surface area (Å²) in [5, 5.41) is 13.9. The zero-order valence-corrected chi connectivity index (χ0v) is 10.3. The van der Waals surface area contributed by atoms with E-state index in [4.69, 9.17) is 0 Å². The highest BCUT2D eigenvalue weighted by atomic mass is 19.1. The first-order valence-corrected chi connectivity index (χ1v) is 6.07. The van der Waals surface area contributed by atoms with Crippen molar-refractivity contribution in [3.05, 3.63) is 29.8 Å². The third kappa shape index (κ3) is 2.64. The van der Waals surface area contributed by atoms with Crippen LogP contribution in [0.25, 0.3) is 0 Å². The molecule has 0 amide bonds. The van der Waals surface area contributed by atoms with Crippen molar-refractivity contribution in [1.29, 1.82) is 0 Å². The standard InChI is InChI=1S/C13H19FN2O/c1-9-3-4-16-12(5-9)13(2,17)10-6-11(14)8-15-7-10/h6-9,12,16-17H,3-5H2,1-2H3. The van der Waals surface area contributed by atoms with Gasteiger partial charge in [-0.2, -0.15) is 0 Å². The fraction of sp³-hybridized carbons (Fsp3) is 0.615. The van der Waals surface area contributed by atoms with E-state index in [1.165, 1.54) is 12.3 Å². The van der Waals surface area contributed by atoms with Crippen LogP contribution in [-0.2, 0) is 5.60 Å². The lowest BCUT2D eigenvalue weighted by Gasteiger charge is -2.38. The number of rotatable bonds is 2. The van der Waals surface area contributed by atoms with E-state index in [0.717, 1.165) is 25.6 Å². The highest BCUT2D eigenvalue weighted by Crippen LogP contribution is 2.30. The summed E-state index contributed by atoms with van der Waals surface area (Å²) >= 11 is 0. The molecule has 0 saturated carbocycles. The summed E-state index contributed by atoms with van der Waals surface area (Å²) in [5.74, 6) is 0.167. The van der Waals surface area contributed by atoms with E-state index >= 15 is 0 Å². The molecule has 17 heavy (non-hydrogen) atoms. The van der Waals surface area contributed by atoms with Crippen LogP contribution >= 0.6 is 0 Å². The lowest BCUT2D eigenvalue weighted by Crippen LogP contribution is -2.50. The molecule has 1 aromatic heterocycles. The fourth-order valence-corrected chi connectivity index (χ4v) is 2.43. The second-order valence-electron chi connectivity index (χ2n) is 5.18. The average Bonchev–Trinajstić information content (AvgIpc) is 2.29. The number of aromatic nitrogens is 1. The molecule has 1 fully saturated rings. The van der Waals surface area contributed by atoms with Crippen molar-refractivity contribution in [2.45, 2.75) is 38.3 Å². The van der Waals surface area contributed by atoms with Gasteiger partial charge in [0.2, 0.25) is 0 Å². The molecule has 0 spiro atoms. The number of pyridine rings is 1. The zero-order valence-electron chi connectivity index (χ0n) is 10.3. The first-order chi connectivity index (χ1) is 8.00. The first kappa shape index (κ1) is 12.5. The number of piperidine rings is 1. The van der Waals surface area contributed by atoms with Gasteiger partial charge in [-0.05, 0) is 38.3 Å². The van der Waals surface area contributed by atoms with Gasteiger partial charge < -0.3 is 10.4 Å². The van der Waals surface area contributed by atoms with Crippen LogP contribution in [0.2, 0.25) is 0 Å². The minimum atomic E-state index is -1.08. The van der Waals surface area contributed by atoms with Crippen molar-refractivity contribution >= 4 is 0 Å². The Bertz CT molecular complexity index is 395. The maximum Gasteiger partial charge on any atom is 0.141 e. The van der Waals surface area contributed by atoms with E-state index in [-0.39, 0.29) is 6.04 Å². The van der Waals surface area contributed by atoms with Crippen molar-refractivity contribution in [3.8, 4) is 0 Å². The van der Waals surface area contributed by atoms with Gasteiger partial charge in [0.25, 0.3) is 0 Å². The molecule has 2 rings (SSSR count). The topological polar surface area (TPSA) is 45.1 Å². The summed E-state index contributed by atoms with van der Waals surface area (Å²) in [7, 11) is 0. The van der Waals surface area contributed by atoms with Crippen LogP contribution in [0.4, 0.5) is 4.39 Å². The Morgan fingerprint density at radius 1 is 1.53 bits per heavy atom. The second kappa shape index (κ2) is 4.70. The summed E-state index contributed by atoms with van der Waals surface area (Å²) < 4.78 is 13.1. The molecule has 0 radical (unpaired) electrons. The molecule has 0 bridgehead atoms. The van der Waals surface area contributed by atoms with Gasteiger partial charge in [0, 0.05) is 17.8 Å². The summed E-state index contributed by atoms with van der Waals surface area (Å²) in [4.78, 5) is 3.80. The molecular weight excluding hydrogens is 219 g/mol. The highest BCUT2D eigenvalue weighted by molar-refractivity contribution is 5.21. The minimum absolute atomic E-state index is 0.0464. The summed E-state index contributed by atoms with van der Waals surface area (Å²) in [6.45, 7) is 4.79. The van der Waals surface area contributed by atoms with Crippen molar-refractivity contribution in [1.82, 2.24) is 10.3 Å². The number of aliphatic hydroxyl groups is 1. The van der Waals surface area contributed by atoms with Gasteiger partial charge in [0.15, 0.2) is 0 Å². The van der Waals surface area contributed by atoms with Crippen molar-refractivity contribution in [2.75, 3.05) is 6.54 Å². The Hall–Kier alpha value is -1.00. The molecule has 1 aromatic rings. The molecule has 4 heteroatoms. The number of hydrogen-bond acceptors (Lipinski definition) is 3. The number of nitrogens with one attached hydrogen (secondary N) is 1. The second-order valence-corrected chi connectivity index (χ2v) is 5.18. The maximum atomic E-state index is 13.1. The number of halogens is 1. The molecule has 0 aliphatic carbocycles. The van der Waals surface area contributed by atoms with E-state index in [2.05, 4.69) is 17.2 Å². The molecule has 1 aliphatic heterocycles. The molecule has 1 aliphatic rings. The van der Waals surface area contributed by atoms with Gasteiger partial charge in [0.1, 0.15) is 11.4 Å². The van der Waals surface area contributed by atoms with E-state index in [1.54, 1.807) is 6.92 Å². The normalized spacial score (nSPS) is 28.7. The van der Waals surface area contributed by atoms with Gasteiger partial charge in [-0.15, -0.1) is 0 Å². The van der Waals surface area contributed by atoms with Crippen molar-refractivity contribution < 1.29 is 9.50 Å². The van der Waals surface area contributed by atoms with Gasteiger partial charge in [-0.25, -0.2) is 4.39 Å². The molecule has 3 unspecified atom stereocenters. The Morgan fingerprint density at radius 2 is 2.29 bits per heavy atom. The van der Waals surface area contributed by atoms with Gasteiger partial charge >= 0.3 is 0 Å². The van der Waals surface area contributed by atoms with Crippen LogP contribution in [-0.4, -0.2) is 22.7 Å². The largest absolute Gasteiger partial charge is 0.384 e. The first-order valence-electron chi connectivity index (χ1n) is 6.07. The van der Waals surface area contributed by atoms with Crippen LogP contribution in [0.1, 0.15) is 32.3 Å². The molecule has 0 aromatic carbocycles. The van der Waals surface area contributed by atoms with Crippen LogP contribution in [0.5, 0.6) is 0 Å². The lowest BCUT2D eigenvalue weighted by molar-refractivity contribution is -0.00194. The van der Waals surface area contributed by atoms with Crippen molar-refractivity contribution in [3.63, 3.8) is 0 Å². The van der Waals surface area contributed by atoms with E-state index in [9.17, 15) is 9.50 Å². The van der Waals surface area contributed by atoms with Gasteiger partial charge in [0.05, 0.1) is 6.20 Å². The van der Waals surface area contributed by atoms with E-state index in [0.29, 0.717) is 11.5 Å². The molecule has 94 valence electrons. The Morgan fingerprint density at radius 3 is 2.94 bits per heavy atom. The van der Waals surface area contributed by atoms with E-state index < -0.39 is 11.4 Å². The van der Waals surface area contributed by atoms with Gasteiger partial charge in [-0.3, -0.25) is 4.98 Å². The van der Waals surface area contributed by atoms with Gasteiger partial charge in [-0.1, -0.05) is 6.92 Å². The fourth-order valence-electron chi connectivity index (χ4n) is 2.43. The third-order valence-electron chi connectivity index (χ3n) is 3.63. The summed E-state index contributed by atoms with van der Waals surface area (Å²) in [5.41, 5.74) is -0.548. The molecular formula is C13H19FN2O. The van der Waals surface area contributed by atoms with Crippen molar-refractivity contribution in [2.24, 2.45) is 5.92 Å². The Kier molecular flexibility index (Phi) is 3.45. The van der Waals surface area contributed by atoms with E-state index in [1.807, 2.05) is 0 Å². The SMILES string of the molecule is CC1CCNC(C(C)(O)c2cncc(F)c2)C1. The molecule has 2 heterocycles. The quantitative estimate of drug-likeness (QED) is 0.826. The average molecular weight is 238 g/mol. The van der Waals surface area contributed by atoms with Crippen LogP contribution < -0.4 is 5.32 Å². The number of nitrogens with zero attached hydrogens (tertiary/aromatic N) is 1. The molecule has 3 nitrogen and oxygen atoms in total. The molecule has 1 saturated heterocycles. The smallest absolute Gasteiger partial charge is 0.141 e. The number of hydrogen-bond donors (Lipinski definition) is 2. The predicted molar refractivity (Wildman–Crippen MR) is 64.0 cm³/mol.